The van der Waals surface area contributed by atoms with Gasteiger partial charge in [0.05, 0.1) is 16.5 Å². The predicted octanol–water partition coefficient (Wildman–Crippen LogP) is 3.83. The van der Waals surface area contributed by atoms with Gasteiger partial charge in [-0.1, -0.05) is 11.6 Å². The van der Waals surface area contributed by atoms with Gasteiger partial charge < -0.3 is 14.5 Å². The van der Waals surface area contributed by atoms with Crippen molar-refractivity contribution in [3.63, 3.8) is 0 Å². The van der Waals surface area contributed by atoms with Crippen molar-refractivity contribution in [2.24, 2.45) is 0 Å². The number of nitrogens with zero attached hydrogens (tertiary/aromatic N) is 4. The molecule has 2 fully saturated rings. The zero-order chi connectivity index (χ0) is 20.5. The molecule has 0 spiro atoms. The topological polar surface area (TPSA) is 58.6 Å². The monoisotopic (exact) mass is 446 g/mol. The van der Waals surface area contributed by atoms with Crippen molar-refractivity contribution in [1.29, 1.82) is 0 Å². The number of piperidine rings is 2. The van der Waals surface area contributed by atoms with E-state index < -0.39 is 10.8 Å². The Labute approximate surface area is 185 Å². The van der Waals surface area contributed by atoms with Crippen LogP contribution in [0.15, 0.2) is 29.2 Å². The zero-order valence-electron chi connectivity index (χ0n) is 17.1. The van der Waals surface area contributed by atoms with E-state index in [4.69, 9.17) is 26.3 Å². The van der Waals surface area contributed by atoms with Gasteiger partial charge in [0.15, 0.2) is 5.82 Å². The maximum atomic E-state index is 12.6. The fraction of sp³-hybridized carbons (Fsp3) is 0.545. The molecular formula is C22H27ClN4O2S. The summed E-state index contributed by atoms with van der Waals surface area (Å²) >= 11 is 5.96. The Morgan fingerprint density at radius 3 is 2.43 bits per heavy atom. The van der Waals surface area contributed by atoms with E-state index in [9.17, 15) is 4.21 Å². The molecule has 0 amide bonds. The molecule has 160 valence electrons. The van der Waals surface area contributed by atoms with Crippen LogP contribution >= 0.6 is 11.6 Å². The minimum absolute atomic E-state index is 0.186. The average molecular weight is 447 g/mol. The molecule has 0 aliphatic carbocycles. The Bertz CT molecular complexity index is 925. The summed E-state index contributed by atoms with van der Waals surface area (Å²) in [6.07, 6.45) is 6.44. The Kier molecular flexibility index (Phi) is 5.83. The van der Waals surface area contributed by atoms with E-state index in [-0.39, 0.29) is 6.10 Å². The van der Waals surface area contributed by atoms with Crippen LogP contribution in [0.3, 0.4) is 0 Å². The molecule has 0 radical (unpaired) electrons. The van der Waals surface area contributed by atoms with Crippen molar-refractivity contribution >= 4 is 34.2 Å². The molecule has 2 saturated heterocycles. The van der Waals surface area contributed by atoms with Crippen LogP contribution in [0.5, 0.6) is 5.75 Å². The summed E-state index contributed by atoms with van der Waals surface area (Å²) in [5, 5.41) is 0.719. The normalized spacial score (nSPS) is 22.2. The number of ether oxygens (including phenoxy) is 1. The molecule has 1 aromatic carbocycles. The third-order valence-electron chi connectivity index (χ3n) is 6.15. The molecule has 2 aromatic rings. The predicted molar refractivity (Wildman–Crippen MR) is 120 cm³/mol. The standard InChI is InChI=1S/C22H27ClN4O2S/c23-16-4-6-17(7-5-16)29-18-8-13-27(14-9-18)22-24-19-10-15-30(28)20(19)21(25-22)26-11-2-1-3-12-26/h4-7,18H,1-3,8-15H2/t30-/m0/s1. The van der Waals surface area contributed by atoms with Crippen molar-refractivity contribution in [3.8, 4) is 5.75 Å². The first-order valence-electron chi connectivity index (χ1n) is 10.9. The van der Waals surface area contributed by atoms with Crippen LogP contribution in [-0.4, -0.2) is 52.2 Å². The van der Waals surface area contributed by atoms with Crippen LogP contribution in [0.25, 0.3) is 0 Å². The second kappa shape index (κ2) is 8.71. The summed E-state index contributed by atoms with van der Waals surface area (Å²) < 4.78 is 18.7. The maximum absolute atomic E-state index is 12.6. The number of halogens is 1. The van der Waals surface area contributed by atoms with Gasteiger partial charge in [-0.05, 0) is 43.5 Å². The second-order valence-electron chi connectivity index (χ2n) is 8.23. The van der Waals surface area contributed by atoms with Gasteiger partial charge >= 0.3 is 0 Å². The molecule has 4 heterocycles. The molecule has 30 heavy (non-hydrogen) atoms. The number of aromatic nitrogens is 2. The quantitative estimate of drug-likeness (QED) is 0.711. The Morgan fingerprint density at radius 2 is 1.70 bits per heavy atom. The lowest BCUT2D eigenvalue weighted by atomic mass is 10.1. The molecule has 0 bridgehead atoms. The third kappa shape index (κ3) is 4.14. The summed E-state index contributed by atoms with van der Waals surface area (Å²) in [5.74, 6) is 3.25. The molecule has 3 aliphatic rings. The molecule has 5 rings (SSSR count). The lowest BCUT2D eigenvalue weighted by Crippen LogP contribution is -2.40. The maximum Gasteiger partial charge on any atom is 0.227 e. The van der Waals surface area contributed by atoms with E-state index >= 15 is 0 Å². The Balaban J connectivity index is 1.31. The highest BCUT2D eigenvalue weighted by Gasteiger charge is 2.31. The van der Waals surface area contributed by atoms with Crippen molar-refractivity contribution in [1.82, 2.24) is 9.97 Å². The molecular weight excluding hydrogens is 420 g/mol. The van der Waals surface area contributed by atoms with Crippen LogP contribution in [0.4, 0.5) is 11.8 Å². The lowest BCUT2D eigenvalue weighted by molar-refractivity contribution is 0.170. The van der Waals surface area contributed by atoms with Crippen LogP contribution in [0.1, 0.15) is 37.8 Å². The third-order valence-corrected chi connectivity index (χ3v) is 7.86. The van der Waals surface area contributed by atoms with Gasteiger partial charge in [-0.3, -0.25) is 4.21 Å². The number of fused-ring (bicyclic) bond motifs is 1. The summed E-state index contributed by atoms with van der Waals surface area (Å²) in [6.45, 7) is 3.72. The van der Waals surface area contributed by atoms with Crippen LogP contribution in [-0.2, 0) is 17.2 Å². The Hall–Kier alpha value is -1.86. The SMILES string of the molecule is O=[S@]1CCc2nc(N3CCC(Oc4ccc(Cl)cc4)CC3)nc(N3CCCCC3)c21. The summed E-state index contributed by atoms with van der Waals surface area (Å²) in [5.41, 5.74) is 0.985. The van der Waals surface area contributed by atoms with Gasteiger partial charge in [-0.15, -0.1) is 0 Å². The second-order valence-corrected chi connectivity index (χ2v) is 10.2. The number of hydrogen-bond donors (Lipinski definition) is 0. The van der Waals surface area contributed by atoms with Gasteiger partial charge in [-0.2, -0.15) is 4.98 Å². The smallest absolute Gasteiger partial charge is 0.227 e. The highest BCUT2D eigenvalue weighted by atomic mass is 35.5. The van der Waals surface area contributed by atoms with Crippen LogP contribution < -0.4 is 14.5 Å². The summed E-state index contributed by atoms with van der Waals surface area (Å²) in [7, 11) is -0.969. The molecule has 1 atom stereocenters. The number of aryl methyl sites for hydroxylation is 1. The van der Waals surface area contributed by atoms with E-state index in [1.165, 1.54) is 19.3 Å². The molecule has 6 nitrogen and oxygen atoms in total. The highest BCUT2D eigenvalue weighted by molar-refractivity contribution is 7.85. The van der Waals surface area contributed by atoms with Crippen LogP contribution in [0, 0.1) is 0 Å². The minimum Gasteiger partial charge on any atom is -0.490 e. The lowest BCUT2D eigenvalue weighted by Gasteiger charge is -2.34. The highest BCUT2D eigenvalue weighted by Crippen LogP contribution is 2.34. The van der Waals surface area contributed by atoms with Crippen molar-refractivity contribution < 1.29 is 8.95 Å². The molecule has 3 aliphatic heterocycles. The van der Waals surface area contributed by atoms with Gasteiger partial charge in [0.25, 0.3) is 0 Å². The van der Waals surface area contributed by atoms with Crippen molar-refractivity contribution in [2.75, 3.05) is 41.7 Å². The van der Waals surface area contributed by atoms with E-state index in [2.05, 4.69) is 9.80 Å². The van der Waals surface area contributed by atoms with Gasteiger partial charge in [0.1, 0.15) is 16.7 Å². The minimum atomic E-state index is -0.969. The van der Waals surface area contributed by atoms with E-state index in [0.717, 1.165) is 78.6 Å². The summed E-state index contributed by atoms with van der Waals surface area (Å²) in [6, 6.07) is 7.56. The Morgan fingerprint density at radius 1 is 0.967 bits per heavy atom. The summed E-state index contributed by atoms with van der Waals surface area (Å²) in [4.78, 5) is 15.3. The van der Waals surface area contributed by atoms with E-state index in [0.29, 0.717) is 5.75 Å². The van der Waals surface area contributed by atoms with E-state index in [1.54, 1.807) is 0 Å². The van der Waals surface area contributed by atoms with Gasteiger partial charge in [0.2, 0.25) is 5.95 Å². The molecule has 0 N–H and O–H groups in total. The number of rotatable bonds is 4. The van der Waals surface area contributed by atoms with Crippen molar-refractivity contribution in [2.45, 2.75) is 49.5 Å². The number of hydrogen-bond acceptors (Lipinski definition) is 6. The van der Waals surface area contributed by atoms with Crippen molar-refractivity contribution in [3.05, 3.63) is 35.0 Å². The van der Waals surface area contributed by atoms with Gasteiger partial charge in [0, 0.05) is 56.2 Å². The first-order chi connectivity index (χ1) is 14.7. The fourth-order valence-corrected chi connectivity index (χ4v) is 6.00. The number of anilines is 2. The van der Waals surface area contributed by atoms with Gasteiger partial charge in [-0.25, -0.2) is 4.98 Å². The number of benzene rings is 1. The van der Waals surface area contributed by atoms with Crippen LogP contribution in [0.2, 0.25) is 5.02 Å². The first-order valence-corrected chi connectivity index (χ1v) is 12.6. The fourth-order valence-electron chi connectivity index (χ4n) is 4.51. The zero-order valence-corrected chi connectivity index (χ0v) is 18.6. The molecule has 8 heteroatoms. The molecule has 1 aromatic heterocycles. The molecule has 0 unspecified atom stereocenters. The largest absolute Gasteiger partial charge is 0.490 e. The molecule has 0 saturated carbocycles. The average Bonchev–Trinajstić information content (AvgIpc) is 3.17. The first kappa shape index (κ1) is 20.1. The van der Waals surface area contributed by atoms with E-state index in [1.807, 2.05) is 24.3 Å².